The van der Waals surface area contributed by atoms with Crippen LogP contribution >= 0.6 is 0 Å². The van der Waals surface area contributed by atoms with Crippen molar-refractivity contribution in [2.45, 2.75) is 51.6 Å². The fourth-order valence-corrected chi connectivity index (χ4v) is 4.59. The minimum Gasteiger partial charge on any atom is -0.359 e. The molecule has 2 heterocycles. The van der Waals surface area contributed by atoms with Crippen LogP contribution in [-0.2, 0) is 4.79 Å². The molecular weight excluding hydrogens is 388 g/mol. The van der Waals surface area contributed by atoms with Crippen LogP contribution in [0.2, 0.25) is 0 Å². The molecule has 0 saturated heterocycles. The van der Waals surface area contributed by atoms with Crippen molar-refractivity contribution in [3.63, 3.8) is 0 Å². The zero-order chi connectivity index (χ0) is 22.1. The van der Waals surface area contributed by atoms with Crippen LogP contribution in [0.3, 0.4) is 0 Å². The van der Waals surface area contributed by atoms with Crippen LogP contribution in [-0.4, -0.2) is 35.4 Å². The third kappa shape index (κ3) is 4.01. The minimum atomic E-state index is -0.243. The quantitative estimate of drug-likeness (QED) is 0.528. The lowest BCUT2D eigenvalue weighted by molar-refractivity contribution is -0.113. The van der Waals surface area contributed by atoms with Crippen LogP contribution in [0.25, 0.3) is 11.6 Å². The van der Waals surface area contributed by atoms with Gasteiger partial charge in [-0.15, -0.1) is 6.42 Å². The maximum atomic E-state index is 13.6. The van der Waals surface area contributed by atoms with Crippen LogP contribution < -0.4 is 16.0 Å². The smallest absolute Gasteiger partial charge is 0.259 e. The molecule has 2 amide bonds. The maximum absolute atomic E-state index is 13.6. The molecule has 2 aromatic rings. The van der Waals surface area contributed by atoms with Gasteiger partial charge in [0.1, 0.15) is 0 Å². The summed E-state index contributed by atoms with van der Waals surface area (Å²) >= 11 is 0. The molecule has 1 aromatic carbocycles. The number of fused-ring (bicyclic) bond motifs is 1. The van der Waals surface area contributed by atoms with Gasteiger partial charge in [-0.25, -0.2) is 0 Å². The normalized spacial score (nSPS) is 21.8. The van der Waals surface area contributed by atoms with E-state index in [9.17, 15) is 9.59 Å². The molecule has 0 radical (unpaired) electrons. The molecule has 31 heavy (non-hydrogen) atoms. The molecule has 1 fully saturated rings. The molecular formula is C25H28N4O2. The Morgan fingerprint density at radius 2 is 2.03 bits per heavy atom. The third-order valence-corrected chi connectivity index (χ3v) is 6.19. The number of aromatic nitrogens is 1. The number of amides is 2. The van der Waals surface area contributed by atoms with Crippen molar-refractivity contribution in [3.05, 3.63) is 52.3 Å². The topological polar surface area (TPSA) is 91.2 Å². The van der Waals surface area contributed by atoms with E-state index in [1.165, 1.54) is 0 Å². The molecule has 6 nitrogen and oxygen atoms in total. The van der Waals surface area contributed by atoms with Crippen molar-refractivity contribution in [2.75, 3.05) is 11.4 Å². The van der Waals surface area contributed by atoms with Crippen LogP contribution in [0.15, 0.2) is 24.3 Å². The molecule has 4 rings (SSSR count). The number of hydrogen-bond donors (Lipinski definition) is 3. The molecule has 1 saturated carbocycles. The monoisotopic (exact) mass is 416 g/mol. The van der Waals surface area contributed by atoms with Crippen LogP contribution in [0.5, 0.6) is 0 Å². The summed E-state index contributed by atoms with van der Waals surface area (Å²) in [6.07, 6.45) is 10.7. The summed E-state index contributed by atoms with van der Waals surface area (Å²) < 4.78 is 0. The van der Waals surface area contributed by atoms with Gasteiger partial charge in [0.2, 0.25) is 0 Å². The molecule has 0 spiro atoms. The molecule has 160 valence electrons. The number of aryl methyl sites for hydroxylation is 2. The van der Waals surface area contributed by atoms with Gasteiger partial charge in [-0.05, 0) is 69.4 Å². The van der Waals surface area contributed by atoms with E-state index in [1.807, 2.05) is 30.9 Å². The van der Waals surface area contributed by atoms with Gasteiger partial charge in [-0.2, -0.15) is 0 Å². The molecule has 1 aliphatic carbocycles. The van der Waals surface area contributed by atoms with E-state index in [1.54, 1.807) is 12.1 Å². The van der Waals surface area contributed by atoms with Gasteiger partial charge >= 0.3 is 0 Å². The van der Waals surface area contributed by atoms with Crippen molar-refractivity contribution < 1.29 is 9.59 Å². The predicted octanol–water partition coefficient (Wildman–Crippen LogP) is 3.15. The first-order chi connectivity index (χ1) is 14.9. The van der Waals surface area contributed by atoms with Gasteiger partial charge in [-0.1, -0.05) is 12.0 Å². The third-order valence-electron chi connectivity index (χ3n) is 6.19. The Bertz CT molecular complexity index is 1100. The first-order valence-electron chi connectivity index (χ1n) is 10.7. The summed E-state index contributed by atoms with van der Waals surface area (Å²) in [5.74, 6) is 2.14. The van der Waals surface area contributed by atoms with E-state index in [-0.39, 0.29) is 30.4 Å². The van der Waals surface area contributed by atoms with Gasteiger partial charge < -0.3 is 20.9 Å². The number of anilines is 1. The lowest BCUT2D eigenvalue weighted by atomic mass is 9.90. The molecule has 2 aliphatic rings. The highest BCUT2D eigenvalue weighted by Gasteiger charge is 2.38. The largest absolute Gasteiger partial charge is 0.359 e. The predicted molar refractivity (Wildman–Crippen MR) is 123 cm³/mol. The summed E-state index contributed by atoms with van der Waals surface area (Å²) in [6.45, 7) is 4.18. The van der Waals surface area contributed by atoms with E-state index in [0.29, 0.717) is 11.1 Å². The number of aromatic amines is 1. The molecule has 6 heteroatoms. The molecule has 4 N–H and O–H groups in total. The van der Waals surface area contributed by atoms with Crippen molar-refractivity contribution in [2.24, 2.45) is 5.73 Å². The number of rotatable bonds is 4. The summed E-state index contributed by atoms with van der Waals surface area (Å²) in [5, 5.41) is 2.70. The lowest BCUT2D eigenvalue weighted by Gasteiger charge is -2.33. The Morgan fingerprint density at radius 1 is 1.29 bits per heavy atom. The van der Waals surface area contributed by atoms with Gasteiger partial charge in [-0.3, -0.25) is 9.59 Å². The van der Waals surface area contributed by atoms with Crippen molar-refractivity contribution >= 4 is 29.2 Å². The van der Waals surface area contributed by atoms with E-state index < -0.39 is 0 Å². The Labute approximate surface area is 182 Å². The number of nitrogens with zero attached hydrogens (tertiary/aromatic N) is 1. The first kappa shape index (κ1) is 21.0. The Balaban J connectivity index is 1.77. The summed E-state index contributed by atoms with van der Waals surface area (Å²) in [6, 6.07) is 7.75. The van der Waals surface area contributed by atoms with E-state index in [0.717, 1.165) is 53.9 Å². The second-order valence-corrected chi connectivity index (χ2v) is 8.47. The minimum absolute atomic E-state index is 0.0247. The van der Waals surface area contributed by atoms with Crippen LogP contribution in [0.4, 0.5) is 5.69 Å². The zero-order valence-corrected chi connectivity index (χ0v) is 18.0. The number of H-pyrrole nitrogens is 1. The average molecular weight is 417 g/mol. The highest BCUT2D eigenvalue weighted by Crippen LogP contribution is 2.42. The standard InChI is InChI=1S/C25H28N4O2/c1-4-11-27-24(30)17-5-10-20-21(14-22-15(2)12-16(3)28-22)25(31)29(23(20)13-17)19-8-6-18(26)7-9-19/h1,5,10,12-14,18-19,28H,6-9,11,26H2,2-3H3,(H,27,30)/b21-14-. The highest BCUT2D eigenvalue weighted by atomic mass is 16.2. The van der Waals surface area contributed by atoms with E-state index in [4.69, 9.17) is 12.2 Å². The fraction of sp³-hybridized carbons (Fsp3) is 0.360. The summed E-state index contributed by atoms with van der Waals surface area (Å²) in [4.78, 5) is 31.3. The van der Waals surface area contributed by atoms with Crippen molar-refractivity contribution in [1.29, 1.82) is 0 Å². The second kappa shape index (κ2) is 8.44. The van der Waals surface area contributed by atoms with Crippen molar-refractivity contribution in [3.8, 4) is 12.3 Å². The van der Waals surface area contributed by atoms with Crippen LogP contribution in [0.1, 0.15) is 58.6 Å². The molecule has 1 aliphatic heterocycles. The number of terminal acetylenes is 1. The first-order valence-corrected chi connectivity index (χ1v) is 10.7. The van der Waals surface area contributed by atoms with Crippen LogP contribution in [0, 0.1) is 26.2 Å². The highest BCUT2D eigenvalue weighted by molar-refractivity contribution is 6.36. The number of carbonyl (C=O) groups excluding carboxylic acids is 2. The number of nitrogens with one attached hydrogen (secondary N) is 2. The summed E-state index contributed by atoms with van der Waals surface area (Å²) in [5.41, 5.74) is 11.9. The second-order valence-electron chi connectivity index (χ2n) is 8.47. The number of benzene rings is 1. The molecule has 0 bridgehead atoms. The SMILES string of the molecule is C#CCNC(=O)c1ccc2c(c1)N(C1CCC(N)CC1)C(=O)/C2=C\c1[nH]c(C)cc1C. The van der Waals surface area contributed by atoms with Gasteiger partial charge in [0.25, 0.3) is 11.8 Å². The number of carbonyl (C=O) groups is 2. The molecule has 0 atom stereocenters. The number of hydrogen-bond acceptors (Lipinski definition) is 3. The maximum Gasteiger partial charge on any atom is 0.259 e. The molecule has 1 aromatic heterocycles. The Kier molecular flexibility index (Phi) is 5.71. The Morgan fingerprint density at radius 3 is 2.68 bits per heavy atom. The Hall–Kier alpha value is -3.30. The fourth-order valence-electron chi connectivity index (χ4n) is 4.59. The van der Waals surface area contributed by atoms with Gasteiger partial charge in [0.15, 0.2) is 0 Å². The van der Waals surface area contributed by atoms with E-state index in [2.05, 4.69) is 22.3 Å². The van der Waals surface area contributed by atoms with Crippen molar-refractivity contribution in [1.82, 2.24) is 10.3 Å². The summed E-state index contributed by atoms with van der Waals surface area (Å²) in [7, 11) is 0. The van der Waals surface area contributed by atoms with Gasteiger partial charge in [0, 0.05) is 34.6 Å². The number of nitrogens with two attached hydrogens (primary N) is 1. The average Bonchev–Trinajstić information content (AvgIpc) is 3.22. The molecule has 0 unspecified atom stereocenters. The lowest BCUT2D eigenvalue weighted by Crippen LogP contribution is -2.42. The van der Waals surface area contributed by atoms with E-state index >= 15 is 0 Å². The zero-order valence-electron chi connectivity index (χ0n) is 18.0. The van der Waals surface area contributed by atoms with Gasteiger partial charge in [0.05, 0.1) is 17.8 Å².